The Hall–Kier alpha value is -1.99. The first kappa shape index (κ1) is 18.4. The van der Waals surface area contributed by atoms with Crippen molar-refractivity contribution in [3.63, 3.8) is 0 Å². The molecule has 1 saturated heterocycles. The van der Waals surface area contributed by atoms with E-state index in [4.69, 9.17) is 9.47 Å². The third-order valence-corrected chi connectivity index (χ3v) is 4.05. The van der Waals surface area contributed by atoms with Gasteiger partial charge < -0.3 is 19.7 Å². The highest BCUT2D eigenvalue weighted by molar-refractivity contribution is 5.79. The van der Waals surface area contributed by atoms with Crippen molar-refractivity contribution in [2.24, 2.45) is 0 Å². The van der Waals surface area contributed by atoms with E-state index in [0.717, 1.165) is 11.4 Å². The number of nitrogens with one attached hydrogen (secondary N) is 1. The summed E-state index contributed by atoms with van der Waals surface area (Å²) in [4.78, 5) is 30.5. The molecule has 0 spiro atoms. The van der Waals surface area contributed by atoms with Crippen LogP contribution in [0.25, 0.3) is 0 Å². The van der Waals surface area contributed by atoms with Gasteiger partial charge in [0.05, 0.1) is 32.6 Å². The van der Waals surface area contributed by atoms with Crippen LogP contribution >= 0.6 is 0 Å². The lowest BCUT2D eigenvalue weighted by atomic mass is 9.97. The maximum atomic E-state index is 12.6. The van der Waals surface area contributed by atoms with Crippen LogP contribution in [0.3, 0.4) is 0 Å². The van der Waals surface area contributed by atoms with Crippen molar-refractivity contribution in [1.82, 2.24) is 15.2 Å². The van der Waals surface area contributed by atoms with Crippen LogP contribution in [-0.4, -0.2) is 67.8 Å². The van der Waals surface area contributed by atoms with Crippen LogP contribution in [0, 0.1) is 6.92 Å². The van der Waals surface area contributed by atoms with Crippen molar-refractivity contribution in [3.8, 4) is 0 Å². The molecular weight excluding hydrogens is 310 g/mol. The van der Waals surface area contributed by atoms with Gasteiger partial charge in [0.2, 0.25) is 11.8 Å². The van der Waals surface area contributed by atoms with Gasteiger partial charge in [-0.25, -0.2) is 0 Å². The van der Waals surface area contributed by atoms with Gasteiger partial charge in [0.15, 0.2) is 0 Å². The van der Waals surface area contributed by atoms with Gasteiger partial charge in [-0.1, -0.05) is 6.07 Å². The van der Waals surface area contributed by atoms with Crippen LogP contribution in [0.2, 0.25) is 0 Å². The number of rotatable bonds is 6. The molecule has 24 heavy (non-hydrogen) atoms. The van der Waals surface area contributed by atoms with Crippen molar-refractivity contribution in [2.45, 2.75) is 25.4 Å². The number of morpholine rings is 1. The Morgan fingerprint density at radius 1 is 1.46 bits per heavy atom. The summed E-state index contributed by atoms with van der Waals surface area (Å²) >= 11 is 0. The summed E-state index contributed by atoms with van der Waals surface area (Å²) in [6.07, 6.45) is 0.397. The van der Waals surface area contributed by atoms with E-state index in [2.05, 4.69) is 10.3 Å². The Bertz CT molecular complexity index is 589. The molecule has 1 aromatic heterocycles. The second kappa shape index (κ2) is 8.21. The minimum atomic E-state index is -0.803. The third kappa shape index (κ3) is 4.75. The fraction of sp³-hybridized carbons (Fsp3) is 0.588. The zero-order valence-corrected chi connectivity index (χ0v) is 14.5. The topological polar surface area (TPSA) is 80.8 Å². The number of hydrogen-bond donors (Lipinski definition) is 1. The molecule has 132 valence electrons. The van der Waals surface area contributed by atoms with Gasteiger partial charge in [0.1, 0.15) is 5.60 Å². The predicted molar refractivity (Wildman–Crippen MR) is 88.5 cm³/mol. The van der Waals surface area contributed by atoms with E-state index in [1.165, 1.54) is 0 Å². The minimum absolute atomic E-state index is 0.0196. The van der Waals surface area contributed by atoms with Gasteiger partial charge in [-0.3, -0.25) is 14.6 Å². The fourth-order valence-electron chi connectivity index (χ4n) is 2.91. The van der Waals surface area contributed by atoms with Gasteiger partial charge in [-0.15, -0.1) is 0 Å². The van der Waals surface area contributed by atoms with E-state index >= 15 is 0 Å². The van der Waals surface area contributed by atoms with E-state index in [9.17, 15) is 9.59 Å². The number of hydrogen-bond acceptors (Lipinski definition) is 5. The number of aromatic nitrogens is 1. The number of amides is 2. The Kier molecular flexibility index (Phi) is 6.28. The fourth-order valence-corrected chi connectivity index (χ4v) is 2.91. The SMILES string of the molecule is CNC(=O)CC1(COC)CN(C(=O)Cc2cccc(C)n2)CCO1. The van der Waals surface area contributed by atoms with E-state index in [0.29, 0.717) is 19.7 Å². The summed E-state index contributed by atoms with van der Waals surface area (Å²) < 4.78 is 11.1. The molecule has 1 unspecified atom stereocenters. The lowest BCUT2D eigenvalue weighted by molar-refractivity contribution is -0.166. The van der Waals surface area contributed by atoms with Crippen molar-refractivity contribution in [1.29, 1.82) is 0 Å². The number of carbonyl (C=O) groups is 2. The summed E-state index contributed by atoms with van der Waals surface area (Å²) in [6.45, 7) is 3.37. The van der Waals surface area contributed by atoms with Gasteiger partial charge in [0, 0.05) is 32.1 Å². The van der Waals surface area contributed by atoms with Crippen LogP contribution in [-0.2, 0) is 25.5 Å². The van der Waals surface area contributed by atoms with E-state index in [-0.39, 0.29) is 31.3 Å². The molecule has 1 N–H and O–H groups in total. The standard InChI is InChI=1S/C17H25N3O4/c1-13-5-4-6-14(19-13)9-16(22)20-7-8-24-17(11-20,12-23-3)10-15(21)18-2/h4-6H,7-12H2,1-3H3,(H,18,21). The molecular formula is C17H25N3O4. The van der Waals surface area contributed by atoms with Crippen LogP contribution in [0.15, 0.2) is 18.2 Å². The lowest BCUT2D eigenvalue weighted by Gasteiger charge is -2.42. The smallest absolute Gasteiger partial charge is 0.228 e. The zero-order valence-electron chi connectivity index (χ0n) is 14.5. The molecule has 1 atom stereocenters. The number of ether oxygens (including phenoxy) is 2. The van der Waals surface area contributed by atoms with Crippen molar-refractivity contribution >= 4 is 11.8 Å². The van der Waals surface area contributed by atoms with Crippen LogP contribution in [0.5, 0.6) is 0 Å². The molecule has 1 fully saturated rings. The van der Waals surface area contributed by atoms with Gasteiger partial charge in [-0.05, 0) is 19.1 Å². The quantitative estimate of drug-likeness (QED) is 0.809. The number of methoxy groups -OCH3 is 1. The number of carbonyl (C=O) groups excluding carboxylic acids is 2. The number of nitrogens with zero attached hydrogens (tertiary/aromatic N) is 2. The molecule has 2 rings (SSSR count). The Morgan fingerprint density at radius 2 is 2.25 bits per heavy atom. The Labute approximate surface area is 142 Å². The molecule has 2 heterocycles. The second-order valence-electron chi connectivity index (χ2n) is 6.08. The van der Waals surface area contributed by atoms with Crippen molar-refractivity contribution in [3.05, 3.63) is 29.6 Å². The average molecular weight is 335 g/mol. The molecule has 1 aliphatic rings. The molecule has 0 radical (unpaired) electrons. The number of aryl methyl sites for hydroxylation is 1. The molecule has 1 aromatic rings. The normalized spacial score (nSPS) is 20.7. The van der Waals surface area contributed by atoms with Crippen molar-refractivity contribution in [2.75, 3.05) is 40.5 Å². The molecule has 7 nitrogen and oxygen atoms in total. The monoisotopic (exact) mass is 335 g/mol. The predicted octanol–water partition coefficient (Wildman–Crippen LogP) is 0.313. The zero-order chi connectivity index (χ0) is 17.6. The molecule has 0 bridgehead atoms. The number of pyridine rings is 1. The molecule has 0 saturated carbocycles. The van der Waals surface area contributed by atoms with Crippen molar-refractivity contribution < 1.29 is 19.1 Å². The molecule has 1 aliphatic heterocycles. The first-order valence-electron chi connectivity index (χ1n) is 8.02. The average Bonchev–Trinajstić information content (AvgIpc) is 2.55. The van der Waals surface area contributed by atoms with Gasteiger partial charge in [0.25, 0.3) is 0 Å². The lowest BCUT2D eigenvalue weighted by Crippen LogP contribution is -2.57. The summed E-state index contributed by atoms with van der Waals surface area (Å²) in [5, 5.41) is 2.60. The van der Waals surface area contributed by atoms with E-state index in [1.807, 2.05) is 25.1 Å². The second-order valence-corrected chi connectivity index (χ2v) is 6.08. The summed E-state index contributed by atoms with van der Waals surface area (Å²) in [7, 11) is 3.14. The molecule has 0 aromatic carbocycles. The van der Waals surface area contributed by atoms with Crippen LogP contribution in [0.1, 0.15) is 17.8 Å². The molecule has 0 aliphatic carbocycles. The van der Waals surface area contributed by atoms with Crippen LogP contribution < -0.4 is 5.32 Å². The summed E-state index contributed by atoms with van der Waals surface area (Å²) in [5.41, 5.74) is 0.828. The third-order valence-electron chi connectivity index (χ3n) is 4.05. The van der Waals surface area contributed by atoms with Gasteiger partial charge >= 0.3 is 0 Å². The highest BCUT2D eigenvalue weighted by Gasteiger charge is 2.40. The maximum Gasteiger partial charge on any atom is 0.228 e. The van der Waals surface area contributed by atoms with E-state index in [1.54, 1.807) is 19.1 Å². The van der Waals surface area contributed by atoms with Gasteiger partial charge in [-0.2, -0.15) is 0 Å². The summed E-state index contributed by atoms with van der Waals surface area (Å²) in [5.74, 6) is -0.157. The Balaban J connectivity index is 2.06. The minimum Gasteiger partial charge on any atom is -0.382 e. The highest BCUT2D eigenvalue weighted by atomic mass is 16.5. The van der Waals surface area contributed by atoms with Crippen LogP contribution in [0.4, 0.5) is 0 Å². The largest absolute Gasteiger partial charge is 0.382 e. The molecule has 7 heteroatoms. The highest BCUT2D eigenvalue weighted by Crippen LogP contribution is 2.23. The molecule has 2 amide bonds. The van der Waals surface area contributed by atoms with E-state index < -0.39 is 5.60 Å². The first-order chi connectivity index (χ1) is 11.5. The first-order valence-corrected chi connectivity index (χ1v) is 8.02. The maximum absolute atomic E-state index is 12.6. The summed E-state index contributed by atoms with van der Waals surface area (Å²) in [6, 6.07) is 5.64. The Morgan fingerprint density at radius 3 is 2.92 bits per heavy atom.